The summed E-state index contributed by atoms with van der Waals surface area (Å²) in [5.74, 6) is -0.0139. The van der Waals surface area contributed by atoms with Gasteiger partial charge in [0.2, 0.25) is 0 Å². The number of alkyl halides is 3. The van der Waals surface area contributed by atoms with Crippen molar-refractivity contribution in [3.8, 4) is 0 Å². The van der Waals surface area contributed by atoms with E-state index in [1.165, 1.54) is 0 Å². The summed E-state index contributed by atoms with van der Waals surface area (Å²) < 4.78 is 60.8. The van der Waals surface area contributed by atoms with Crippen molar-refractivity contribution in [2.45, 2.75) is 25.1 Å². The average Bonchev–Trinajstić information content (AvgIpc) is 1.98. The first-order chi connectivity index (χ1) is 7.10. The largest absolute Gasteiger partial charge is 0.411 e. The van der Waals surface area contributed by atoms with E-state index in [1.807, 2.05) is 0 Å². The van der Waals surface area contributed by atoms with Crippen molar-refractivity contribution in [1.82, 2.24) is 0 Å². The molecular formula is C8H16F3NO3S. The SMILES string of the molecule is CS(=O)(=O)CCCC(N)COCC(F)(F)F. The van der Waals surface area contributed by atoms with Crippen LogP contribution in [0.15, 0.2) is 0 Å². The molecule has 0 rings (SSSR count). The first kappa shape index (κ1) is 15.7. The van der Waals surface area contributed by atoms with Gasteiger partial charge >= 0.3 is 6.18 Å². The lowest BCUT2D eigenvalue weighted by molar-refractivity contribution is -0.174. The smallest absolute Gasteiger partial charge is 0.370 e. The molecule has 1 unspecified atom stereocenters. The van der Waals surface area contributed by atoms with E-state index in [-0.39, 0.29) is 12.4 Å². The van der Waals surface area contributed by atoms with Gasteiger partial charge in [-0.2, -0.15) is 13.2 Å². The van der Waals surface area contributed by atoms with Crippen molar-refractivity contribution >= 4 is 9.84 Å². The Bertz CT molecular complexity index is 289. The molecule has 0 amide bonds. The van der Waals surface area contributed by atoms with Crippen LogP contribution in [0, 0.1) is 0 Å². The number of sulfone groups is 1. The average molecular weight is 263 g/mol. The van der Waals surface area contributed by atoms with Gasteiger partial charge in [0.25, 0.3) is 0 Å². The summed E-state index contributed by atoms with van der Waals surface area (Å²) in [6, 6.07) is -0.566. The second-order valence-electron chi connectivity index (χ2n) is 3.66. The van der Waals surface area contributed by atoms with Crippen molar-refractivity contribution in [2.24, 2.45) is 5.73 Å². The fraction of sp³-hybridized carbons (Fsp3) is 1.00. The van der Waals surface area contributed by atoms with Crippen molar-refractivity contribution in [1.29, 1.82) is 0 Å². The zero-order chi connectivity index (χ0) is 12.8. The molecular weight excluding hydrogens is 247 g/mol. The van der Waals surface area contributed by atoms with Gasteiger partial charge in [0, 0.05) is 18.1 Å². The van der Waals surface area contributed by atoms with Crippen LogP contribution in [0.1, 0.15) is 12.8 Å². The molecule has 16 heavy (non-hydrogen) atoms. The number of ether oxygens (including phenoxy) is 1. The van der Waals surface area contributed by atoms with E-state index < -0.39 is 28.7 Å². The minimum Gasteiger partial charge on any atom is -0.370 e. The molecule has 0 radical (unpaired) electrons. The Morgan fingerprint density at radius 2 is 1.94 bits per heavy atom. The first-order valence-corrected chi connectivity index (χ1v) is 6.74. The summed E-state index contributed by atoms with van der Waals surface area (Å²) in [5, 5.41) is 0. The Labute approximate surface area is 92.9 Å². The molecule has 98 valence electrons. The summed E-state index contributed by atoms with van der Waals surface area (Å²) in [7, 11) is -3.04. The second-order valence-corrected chi connectivity index (χ2v) is 5.92. The molecule has 0 aliphatic heterocycles. The molecule has 0 fully saturated rings. The van der Waals surface area contributed by atoms with E-state index >= 15 is 0 Å². The van der Waals surface area contributed by atoms with Gasteiger partial charge in [-0.3, -0.25) is 0 Å². The Hall–Kier alpha value is -0.340. The number of rotatable bonds is 7. The molecule has 0 bridgehead atoms. The summed E-state index contributed by atoms with van der Waals surface area (Å²) in [6.45, 7) is -1.55. The number of halogens is 3. The Morgan fingerprint density at radius 3 is 2.38 bits per heavy atom. The van der Waals surface area contributed by atoms with E-state index in [1.54, 1.807) is 0 Å². The molecule has 1 atom stereocenters. The molecule has 8 heteroatoms. The highest BCUT2D eigenvalue weighted by molar-refractivity contribution is 7.90. The highest BCUT2D eigenvalue weighted by atomic mass is 32.2. The lowest BCUT2D eigenvalue weighted by atomic mass is 10.2. The summed E-state index contributed by atoms with van der Waals surface area (Å²) >= 11 is 0. The molecule has 0 spiro atoms. The summed E-state index contributed by atoms with van der Waals surface area (Å²) in [6.07, 6.45) is -2.61. The summed E-state index contributed by atoms with van der Waals surface area (Å²) in [4.78, 5) is 0. The van der Waals surface area contributed by atoms with Gasteiger partial charge in [0.15, 0.2) is 0 Å². The molecule has 0 saturated carbocycles. The van der Waals surface area contributed by atoms with Gasteiger partial charge in [-0.15, -0.1) is 0 Å². The van der Waals surface area contributed by atoms with Crippen LogP contribution < -0.4 is 5.73 Å². The lowest BCUT2D eigenvalue weighted by Gasteiger charge is -2.12. The number of hydrogen-bond donors (Lipinski definition) is 1. The predicted octanol–water partition coefficient (Wildman–Crippen LogP) is 0.717. The minimum atomic E-state index is -4.35. The molecule has 0 aliphatic rings. The van der Waals surface area contributed by atoms with E-state index in [4.69, 9.17) is 5.73 Å². The molecule has 0 aliphatic carbocycles. The Kier molecular flexibility index (Phi) is 6.27. The quantitative estimate of drug-likeness (QED) is 0.734. The zero-order valence-electron chi connectivity index (χ0n) is 8.96. The van der Waals surface area contributed by atoms with Crippen LogP contribution in [0.2, 0.25) is 0 Å². The van der Waals surface area contributed by atoms with Gasteiger partial charge in [-0.1, -0.05) is 0 Å². The van der Waals surface area contributed by atoms with Crippen LogP contribution in [-0.4, -0.2) is 45.9 Å². The molecule has 0 aromatic rings. The van der Waals surface area contributed by atoms with E-state index in [9.17, 15) is 21.6 Å². The number of nitrogens with two attached hydrogens (primary N) is 1. The maximum absolute atomic E-state index is 11.7. The Balaban J connectivity index is 3.57. The highest BCUT2D eigenvalue weighted by Crippen LogP contribution is 2.14. The van der Waals surface area contributed by atoms with E-state index in [0.717, 1.165) is 6.26 Å². The van der Waals surface area contributed by atoms with Gasteiger partial charge in [0.05, 0.1) is 6.61 Å². The molecule has 0 saturated heterocycles. The van der Waals surface area contributed by atoms with Crippen LogP contribution in [0.5, 0.6) is 0 Å². The summed E-state index contributed by atoms with van der Waals surface area (Å²) in [5.41, 5.74) is 5.45. The van der Waals surface area contributed by atoms with Gasteiger partial charge in [-0.05, 0) is 12.8 Å². The monoisotopic (exact) mass is 263 g/mol. The maximum Gasteiger partial charge on any atom is 0.411 e. The lowest BCUT2D eigenvalue weighted by Crippen LogP contribution is -2.29. The maximum atomic E-state index is 11.7. The van der Waals surface area contributed by atoms with Crippen LogP contribution in [0.4, 0.5) is 13.2 Å². The minimum absolute atomic E-state index is 0.0139. The van der Waals surface area contributed by atoms with Crippen LogP contribution >= 0.6 is 0 Å². The third-order valence-corrected chi connectivity index (χ3v) is 2.72. The van der Waals surface area contributed by atoms with Gasteiger partial charge < -0.3 is 10.5 Å². The zero-order valence-corrected chi connectivity index (χ0v) is 9.77. The first-order valence-electron chi connectivity index (χ1n) is 4.68. The fourth-order valence-corrected chi connectivity index (χ4v) is 1.71. The van der Waals surface area contributed by atoms with Crippen LogP contribution in [0.3, 0.4) is 0 Å². The van der Waals surface area contributed by atoms with Crippen molar-refractivity contribution in [3.63, 3.8) is 0 Å². The normalized spacial score (nSPS) is 15.1. The molecule has 0 aromatic carbocycles. The number of hydrogen-bond acceptors (Lipinski definition) is 4. The van der Waals surface area contributed by atoms with E-state index in [0.29, 0.717) is 12.8 Å². The highest BCUT2D eigenvalue weighted by Gasteiger charge is 2.27. The topological polar surface area (TPSA) is 69.4 Å². The second kappa shape index (κ2) is 6.41. The predicted molar refractivity (Wildman–Crippen MR) is 53.8 cm³/mol. The van der Waals surface area contributed by atoms with Crippen molar-refractivity contribution < 1.29 is 26.3 Å². The van der Waals surface area contributed by atoms with Crippen molar-refractivity contribution in [2.75, 3.05) is 25.2 Å². The third-order valence-electron chi connectivity index (χ3n) is 1.69. The fourth-order valence-electron chi connectivity index (χ4n) is 1.02. The van der Waals surface area contributed by atoms with Gasteiger partial charge in [0.1, 0.15) is 16.4 Å². The molecule has 4 nitrogen and oxygen atoms in total. The molecule has 2 N–H and O–H groups in total. The van der Waals surface area contributed by atoms with Crippen LogP contribution in [0.25, 0.3) is 0 Å². The standard InChI is InChI=1S/C8H16F3NO3S/c1-16(13,14)4-2-3-7(12)5-15-6-8(9,10)11/h7H,2-6,12H2,1H3. The van der Waals surface area contributed by atoms with Crippen molar-refractivity contribution in [3.05, 3.63) is 0 Å². The van der Waals surface area contributed by atoms with Gasteiger partial charge in [-0.25, -0.2) is 8.42 Å². The molecule has 0 heterocycles. The molecule has 0 aromatic heterocycles. The van der Waals surface area contributed by atoms with Crippen LogP contribution in [-0.2, 0) is 14.6 Å². The Morgan fingerprint density at radius 1 is 1.38 bits per heavy atom. The third kappa shape index (κ3) is 11.7. The van der Waals surface area contributed by atoms with E-state index in [2.05, 4.69) is 4.74 Å².